The summed E-state index contributed by atoms with van der Waals surface area (Å²) in [5.74, 6) is 0.701. The van der Waals surface area contributed by atoms with Crippen molar-refractivity contribution in [3.05, 3.63) is 59.2 Å². The lowest BCUT2D eigenvalue weighted by atomic mass is 9.86. The molecule has 2 heterocycles. The van der Waals surface area contributed by atoms with Gasteiger partial charge in [0.05, 0.1) is 11.7 Å². The number of nitrogens with zero attached hydrogens (tertiary/aromatic N) is 2. The Morgan fingerprint density at radius 3 is 2.30 bits per heavy atom. The van der Waals surface area contributed by atoms with Crippen LogP contribution in [0.15, 0.2) is 42.5 Å². The predicted molar refractivity (Wildman–Crippen MR) is 131 cm³/mol. The van der Waals surface area contributed by atoms with Crippen LogP contribution in [0.5, 0.6) is 5.75 Å². The van der Waals surface area contributed by atoms with Gasteiger partial charge in [0.1, 0.15) is 18.0 Å². The fourth-order valence-electron chi connectivity index (χ4n) is 5.23. The molecule has 0 spiro atoms. The molecule has 2 fully saturated rings. The summed E-state index contributed by atoms with van der Waals surface area (Å²) in [6, 6.07) is 14.4. The van der Waals surface area contributed by atoms with E-state index in [0.717, 1.165) is 24.2 Å². The van der Waals surface area contributed by atoms with Crippen LogP contribution in [0.25, 0.3) is 0 Å². The summed E-state index contributed by atoms with van der Waals surface area (Å²) in [7, 11) is 0. The molecule has 0 saturated carbocycles. The molecule has 2 atom stereocenters. The molecule has 0 amide bonds. The number of benzene rings is 2. The first-order valence-electron chi connectivity index (χ1n) is 12.0. The first-order chi connectivity index (χ1) is 15.6. The predicted octanol–water partition coefficient (Wildman–Crippen LogP) is 2.82. The van der Waals surface area contributed by atoms with E-state index in [2.05, 4.69) is 47.1 Å². The molecule has 3 N–H and O–H groups in total. The van der Waals surface area contributed by atoms with Crippen LogP contribution in [0, 0.1) is 20.8 Å². The Bertz CT molecular complexity index is 937. The van der Waals surface area contributed by atoms with Gasteiger partial charge in [0.25, 0.3) is 0 Å². The second kappa shape index (κ2) is 9.63. The number of aliphatic hydroxyl groups excluding tert-OH is 1. The lowest BCUT2D eigenvalue weighted by molar-refractivity contribution is -0.149. The van der Waals surface area contributed by atoms with Crippen molar-refractivity contribution in [2.24, 2.45) is 0 Å². The molecule has 0 aromatic heterocycles. The second-order valence-electron chi connectivity index (χ2n) is 10.3. The van der Waals surface area contributed by atoms with Crippen molar-refractivity contribution >= 4 is 5.69 Å². The summed E-state index contributed by atoms with van der Waals surface area (Å²) in [5, 5.41) is 33.1. The number of aryl methyl sites for hydroxylation is 3. The minimum atomic E-state index is -1.37. The van der Waals surface area contributed by atoms with Crippen molar-refractivity contribution in [3.63, 3.8) is 0 Å². The van der Waals surface area contributed by atoms with Gasteiger partial charge in [0.2, 0.25) is 0 Å². The maximum Gasteiger partial charge on any atom is 0.137 e. The largest absolute Gasteiger partial charge is 0.490 e. The molecule has 6 heteroatoms. The van der Waals surface area contributed by atoms with Crippen LogP contribution in [0.2, 0.25) is 0 Å². The topological polar surface area (TPSA) is 76.4 Å². The smallest absolute Gasteiger partial charge is 0.137 e. The molecule has 6 nitrogen and oxygen atoms in total. The van der Waals surface area contributed by atoms with Crippen molar-refractivity contribution in [2.75, 3.05) is 44.2 Å². The monoisotopic (exact) mass is 454 g/mol. The van der Waals surface area contributed by atoms with Gasteiger partial charge >= 0.3 is 0 Å². The van der Waals surface area contributed by atoms with E-state index in [4.69, 9.17) is 4.74 Å². The van der Waals surface area contributed by atoms with Gasteiger partial charge in [0, 0.05) is 38.4 Å². The summed E-state index contributed by atoms with van der Waals surface area (Å²) in [5.41, 5.74) is 2.48. The third-order valence-corrected chi connectivity index (χ3v) is 7.10. The maximum absolute atomic E-state index is 11.3. The second-order valence-corrected chi connectivity index (χ2v) is 10.3. The fraction of sp³-hybridized carbons (Fsp3) is 0.556. The van der Waals surface area contributed by atoms with E-state index in [9.17, 15) is 15.3 Å². The maximum atomic E-state index is 11.3. The highest BCUT2D eigenvalue weighted by Crippen LogP contribution is 2.30. The Morgan fingerprint density at radius 2 is 1.64 bits per heavy atom. The van der Waals surface area contributed by atoms with E-state index in [1.165, 1.54) is 11.3 Å². The van der Waals surface area contributed by atoms with E-state index >= 15 is 0 Å². The van der Waals surface area contributed by atoms with Gasteiger partial charge in [-0.1, -0.05) is 18.2 Å². The molecule has 4 rings (SSSR count). The lowest BCUT2D eigenvalue weighted by Crippen LogP contribution is -2.62. The van der Waals surface area contributed by atoms with Crippen molar-refractivity contribution in [3.8, 4) is 5.75 Å². The molecule has 2 saturated heterocycles. The Kier molecular flexibility index (Phi) is 7.01. The molecule has 0 unspecified atom stereocenters. The summed E-state index contributed by atoms with van der Waals surface area (Å²) < 4.78 is 5.91. The minimum absolute atomic E-state index is 0.0210. The summed E-state index contributed by atoms with van der Waals surface area (Å²) in [4.78, 5) is 4.41. The quantitative estimate of drug-likeness (QED) is 0.623. The van der Waals surface area contributed by atoms with Gasteiger partial charge in [-0.2, -0.15) is 0 Å². The zero-order valence-electron chi connectivity index (χ0n) is 20.1. The lowest BCUT2D eigenvalue weighted by Gasteiger charge is -2.46. The molecule has 0 radical (unpaired) electrons. The Morgan fingerprint density at radius 1 is 0.939 bits per heavy atom. The van der Waals surface area contributed by atoms with Crippen LogP contribution in [-0.2, 0) is 0 Å². The number of rotatable bonds is 6. The third-order valence-electron chi connectivity index (χ3n) is 7.10. The number of piperidine rings is 2. The first kappa shape index (κ1) is 24.0. The SMILES string of the molecule is Cc1cc(C)cc(OC[C@@]2(O)CN(CC3(O)CCN(c4cccc(C)c4)CC3)CC[C@@H]2O)c1. The van der Waals surface area contributed by atoms with Gasteiger partial charge in [-0.3, -0.25) is 4.90 Å². The Labute approximate surface area is 197 Å². The number of ether oxygens (including phenoxy) is 1. The van der Waals surface area contributed by atoms with Crippen molar-refractivity contribution < 1.29 is 20.1 Å². The molecule has 33 heavy (non-hydrogen) atoms. The molecule has 2 aliphatic heterocycles. The van der Waals surface area contributed by atoms with Crippen molar-refractivity contribution in [1.82, 2.24) is 4.90 Å². The van der Waals surface area contributed by atoms with E-state index in [0.29, 0.717) is 38.1 Å². The zero-order valence-corrected chi connectivity index (χ0v) is 20.1. The zero-order chi connectivity index (χ0) is 23.6. The van der Waals surface area contributed by atoms with Crippen LogP contribution < -0.4 is 9.64 Å². The minimum Gasteiger partial charge on any atom is -0.490 e. The number of anilines is 1. The standard InChI is InChI=1S/C27H38N2O4/c1-20-5-4-6-23(14-20)29-11-8-26(31,9-12-29)17-28-10-7-25(30)27(32,18-28)19-33-24-15-21(2)13-22(3)16-24/h4-6,13-16,25,30-32H,7-12,17-19H2,1-3H3/t25-,27-/m0/s1. The van der Waals surface area contributed by atoms with Crippen molar-refractivity contribution in [1.29, 1.82) is 0 Å². The van der Waals surface area contributed by atoms with Gasteiger partial charge in [-0.05, 0) is 81.0 Å². The number of hydrogen-bond donors (Lipinski definition) is 3. The highest BCUT2D eigenvalue weighted by Gasteiger charge is 2.44. The van der Waals surface area contributed by atoms with E-state index in [1.807, 2.05) is 26.0 Å². The highest BCUT2D eigenvalue weighted by atomic mass is 16.5. The normalized spacial score (nSPS) is 25.8. The number of likely N-dealkylation sites (tertiary alicyclic amines) is 1. The number of hydrogen-bond acceptors (Lipinski definition) is 6. The number of aliphatic hydroxyl groups is 3. The van der Waals surface area contributed by atoms with Crippen LogP contribution in [0.3, 0.4) is 0 Å². The fourth-order valence-corrected chi connectivity index (χ4v) is 5.23. The van der Waals surface area contributed by atoms with Crippen LogP contribution >= 0.6 is 0 Å². The van der Waals surface area contributed by atoms with Gasteiger partial charge in [0.15, 0.2) is 0 Å². The van der Waals surface area contributed by atoms with Crippen LogP contribution in [-0.4, -0.2) is 76.9 Å². The third kappa shape index (κ3) is 5.87. The molecular formula is C27H38N2O4. The molecule has 2 aromatic carbocycles. The Balaban J connectivity index is 1.34. The first-order valence-corrected chi connectivity index (χ1v) is 12.0. The average Bonchev–Trinajstić information content (AvgIpc) is 2.75. The average molecular weight is 455 g/mol. The van der Waals surface area contributed by atoms with Gasteiger partial charge in [-0.15, -0.1) is 0 Å². The summed E-state index contributed by atoms with van der Waals surface area (Å²) in [6.45, 7) is 9.17. The van der Waals surface area contributed by atoms with Gasteiger partial charge in [-0.25, -0.2) is 0 Å². The molecule has 2 aromatic rings. The molecule has 0 bridgehead atoms. The van der Waals surface area contributed by atoms with E-state index in [1.54, 1.807) is 0 Å². The molecule has 0 aliphatic carbocycles. The summed E-state index contributed by atoms with van der Waals surface area (Å²) >= 11 is 0. The number of β-amino-alcohol motifs (C(OH)–C–C–N with tert-alkyl or cyclic N) is 2. The Hall–Kier alpha value is -2.12. The van der Waals surface area contributed by atoms with Gasteiger partial charge < -0.3 is 25.0 Å². The molecule has 180 valence electrons. The van der Waals surface area contributed by atoms with Crippen LogP contribution in [0.1, 0.15) is 36.0 Å². The summed E-state index contributed by atoms with van der Waals surface area (Å²) in [6.07, 6.45) is 0.963. The van der Waals surface area contributed by atoms with Crippen molar-refractivity contribution in [2.45, 2.75) is 57.3 Å². The van der Waals surface area contributed by atoms with E-state index < -0.39 is 17.3 Å². The highest BCUT2D eigenvalue weighted by molar-refractivity contribution is 5.48. The van der Waals surface area contributed by atoms with E-state index in [-0.39, 0.29) is 13.2 Å². The molecule has 2 aliphatic rings. The molecular weight excluding hydrogens is 416 g/mol. The van der Waals surface area contributed by atoms with Crippen LogP contribution in [0.4, 0.5) is 5.69 Å².